The van der Waals surface area contributed by atoms with Crippen LogP contribution in [0.3, 0.4) is 0 Å². The number of H-pyrrole nitrogens is 1. The molecule has 0 bridgehead atoms. The Morgan fingerprint density at radius 3 is 2.55 bits per heavy atom. The van der Waals surface area contributed by atoms with Gasteiger partial charge in [-0.1, -0.05) is 12.8 Å². The number of pyridine rings is 2. The first kappa shape index (κ1) is 26.2. The van der Waals surface area contributed by atoms with Crippen molar-refractivity contribution in [2.75, 3.05) is 53.6 Å². The highest BCUT2D eigenvalue weighted by Crippen LogP contribution is 2.35. The van der Waals surface area contributed by atoms with Crippen LogP contribution < -0.4 is 31.1 Å². The van der Waals surface area contributed by atoms with Crippen LogP contribution >= 0.6 is 0 Å². The maximum Gasteiger partial charge on any atom is 0.263 e. The second kappa shape index (κ2) is 11.2. The molecule has 2 fully saturated rings. The minimum Gasteiger partial charge on any atom is -0.471 e. The summed E-state index contributed by atoms with van der Waals surface area (Å²) in [5, 5.41) is 9.48. The number of benzene rings is 1. The van der Waals surface area contributed by atoms with Gasteiger partial charge in [-0.05, 0) is 57.0 Å². The lowest BCUT2D eigenvalue weighted by atomic mass is 10.1. The molecule has 2 aliphatic heterocycles. The largest absolute Gasteiger partial charge is 0.471 e. The number of rotatable bonds is 6. The predicted molar refractivity (Wildman–Crippen MR) is 158 cm³/mol. The molecule has 3 aromatic rings. The molecule has 1 amide bonds. The number of piperazine rings is 1. The van der Waals surface area contributed by atoms with Gasteiger partial charge in [0.05, 0.1) is 24.1 Å². The Bertz CT molecular complexity index is 1420. The van der Waals surface area contributed by atoms with Gasteiger partial charge >= 0.3 is 0 Å². The molecule has 3 aliphatic rings. The van der Waals surface area contributed by atoms with Crippen molar-refractivity contribution in [3.63, 3.8) is 0 Å². The summed E-state index contributed by atoms with van der Waals surface area (Å²) in [7, 11) is 0. The molecule has 1 saturated heterocycles. The van der Waals surface area contributed by atoms with Gasteiger partial charge in [0.2, 0.25) is 5.88 Å². The quantitative estimate of drug-likeness (QED) is 0.363. The molecule has 0 radical (unpaired) electrons. The number of fused-ring (bicyclic) bond motifs is 1. The smallest absolute Gasteiger partial charge is 0.263 e. The van der Waals surface area contributed by atoms with Crippen LogP contribution in [0.25, 0.3) is 0 Å². The number of carbonyl (C=O) groups excluding carboxylic acids is 1. The lowest BCUT2D eigenvalue weighted by Gasteiger charge is -2.39. The molecule has 1 aliphatic carbocycles. The average Bonchev–Trinajstić information content (AvgIpc) is 3.50. The lowest BCUT2D eigenvalue weighted by Crippen LogP contribution is -2.49. The van der Waals surface area contributed by atoms with E-state index in [1.807, 2.05) is 38.1 Å². The molecule has 1 aromatic carbocycles. The lowest BCUT2D eigenvalue weighted by molar-refractivity contribution is 0.102. The third-order valence-electron chi connectivity index (χ3n) is 8.29. The highest BCUT2D eigenvalue weighted by molar-refractivity contribution is 6.08. The standard InChI is InChI=1S/C30H37N7O3/c1-19-17-32-27-20(2)25(18-33-30(27)40-19)35-24-11-12-31-28(38)26(24)29(39)34-21-7-9-23(10-8-21)37-15-13-36(14-16-37)22-5-3-4-6-22/h7-12,18-19,22,32H,3-6,13-17H2,1-2H3,(H,34,39)(H2,31,35,38). The van der Waals surface area contributed by atoms with Gasteiger partial charge in [0.25, 0.3) is 11.5 Å². The SMILES string of the molecule is Cc1c(Nc2cc[nH]c(=O)c2C(=O)Nc2ccc(N3CCN(C4CCCC4)CC3)cc2)cnc2c1NCC(C)O2. The molecule has 4 N–H and O–H groups in total. The number of anilines is 5. The Labute approximate surface area is 234 Å². The summed E-state index contributed by atoms with van der Waals surface area (Å²) in [4.78, 5) is 38.2. The zero-order valence-electron chi connectivity index (χ0n) is 23.1. The van der Waals surface area contributed by atoms with Crippen LogP contribution in [-0.4, -0.2) is 65.6 Å². The zero-order valence-corrected chi connectivity index (χ0v) is 23.1. The van der Waals surface area contributed by atoms with E-state index < -0.39 is 11.5 Å². The monoisotopic (exact) mass is 543 g/mol. The van der Waals surface area contributed by atoms with Crippen LogP contribution in [0.5, 0.6) is 5.88 Å². The van der Waals surface area contributed by atoms with Gasteiger partial charge in [0, 0.05) is 55.4 Å². The van der Waals surface area contributed by atoms with E-state index in [4.69, 9.17) is 4.74 Å². The summed E-state index contributed by atoms with van der Waals surface area (Å²) < 4.78 is 5.81. The number of ether oxygens (including phenoxy) is 1. The van der Waals surface area contributed by atoms with Crippen LogP contribution in [-0.2, 0) is 0 Å². The number of carbonyl (C=O) groups is 1. The number of nitrogens with one attached hydrogen (secondary N) is 4. The van der Waals surface area contributed by atoms with E-state index in [2.05, 4.69) is 35.7 Å². The molecule has 2 aromatic heterocycles. The first-order chi connectivity index (χ1) is 19.5. The van der Waals surface area contributed by atoms with Crippen LogP contribution in [0.1, 0.15) is 48.5 Å². The third kappa shape index (κ3) is 5.36. The van der Waals surface area contributed by atoms with E-state index in [9.17, 15) is 9.59 Å². The molecule has 1 unspecified atom stereocenters. The molecular weight excluding hydrogens is 506 g/mol. The number of aromatic amines is 1. The second-order valence-corrected chi connectivity index (χ2v) is 11.0. The number of aromatic nitrogens is 2. The van der Waals surface area contributed by atoms with Crippen molar-refractivity contribution in [1.82, 2.24) is 14.9 Å². The Hall–Kier alpha value is -4.05. The minimum atomic E-state index is -0.485. The van der Waals surface area contributed by atoms with Crippen molar-refractivity contribution in [1.29, 1.82) is 0 Å². The van der Waals surface area contributed by atoms with Crippen molar-refractivity contribution in [2.24, 2.45) is 0 Å². The summed E-state index contributed by atoms with van der Waals surface area (Å²) in [6, 6.07) is 10.3. The molecule has 210 valence electrons. The van der Waals surface area contributed by atoms with E-state index in [1.165, 1.54) is 31.9 Å². The highest BCUT2D eigenvalue weighted by atomic mass is 16.5. The number of amides is 1. The minimum absolute atomic E-state index is 0.00423. The van der Waals surface area contributed by atoms with E-state index >= 15 is 0 Å². The molecular formula is C30H37N7O3. The van der Waals surface area contributed by atoms with Crippen molar-refractivity contribution >= 4 is 34.3 Å². The molecule has 1 saturated carbocycles. The van der Waals surface area contributed by atoms with E-state index in [0.717, 1.165) is 49.2 Å². The van der Waals surface area contributed by atoms with Crippen LogP contribution in [0.2, 0.25) is 0 Å². The van der Waals surface area contributed by atoms with Gasteiger partial charge in [-0.15, -0.1) is 0 Å². The molecule has 1 atom stereocenters. The van der Waals surface area contributed by atoms with E-state index in [1.54, 1.807) is 12.3 Å². The Morgan fingerprint density at radius 2 is 1.80 bits per heavy atom. The van der Waals surface area contributed by atoms with E-state index in [0.29, 0.717) is 29.5 Å². The van der Waals surface area contributed by atoms with Crippen LogP contribution in [0.4, 0.5) is 28.4 Å². The molecule has 6 rings (SSSR count). The maximum absolute atomic E-state index is 13.3. The second-order valence-electron chi connectivity index (χ2n) is 11.0. The Morgan fingerprint density at radius 1 is 1.05 bits per heavy atom. The van der Waals surface area contributed by atoms with Gasteiger partial charge in [0.15, 0.2) is 0 Å². The first-order valence-electron chi connectivity index (χ1n) is 14.3. The number of nitrogens with zero attached hydrogens (tertiary/aromatic N) is 3. The van der Waals surface area contributed by atoms with Gasteiger partial charge in [-0.25, -0.2) is 4.98 Å². The molecule has 4 heterocycles. The van der Waals surface area contributed by atoms with Crippen LogP contribution in [0, 0.1) is 6.92 Å². The fraction of sp³-hybridized carbons (Fsp3) is 0.433. The third-order valence-corrected chi connectivity index (χ3v) is 8.29. The summed E-state index contributed by atoms with van der Waals surface area (Å²) >= 11 is 0. The Kier molecular flexibility index (Phi) is 7.34. The zero-order chi connectivity index (χ0) is 27.6. The van der Waals surface area contributed by atoms with Gasteiger partial charge in [-0.2, -0.15) is 0 Å². The molecule has 10 nitrogen and oxygen atoms in total. The molecule has 40 heavy (non-hydrogen) atoms. The summed E-state index contributed by atoms with van der Waals surface area (Å²) in [6.07, 6.45) is 8.61. The Balaban J connectivity index is 1.13. The normalized spacial score (nSPS) is 19.4. The summed E-state index contributed by atoms with van der Waals surface area (Å²) in [5.41, 5.74) is 4.08. The molecule has 0 spiro atoms. The van der Waals surface area contributed by atoms with Crippen LogP contribution in [0.15, 0.2) is 47.5 Å². The first-order valence-corrected chi connectivity index (χ1v) is 14.3. The fourth-order valence-electron chi connectivity index (χ4n) is 6.00. The predicted octanol–water partition coefficient (Wildman–Crippen LogP) is 4.33. The average molecular weight is 544 g/mol. The van der Waals surface area contributed by atoms with Gasteiger partial charge < -0.3 is 30.6 Å². The summed E-state index contributed by atoms with van der Waals surface area (Å²) in [5.74, 6) is 0.0611. The van der Waals surface area contributed by atoms with E-state index in [-0.39, 0.29) is 11.7 Å². The molecule has 10 heteroatoms. The maximum atomic E-state index is 13.3. The van der Waals surface area contributed by atoms with Crippen molar-refractivity contribution in [2.45, 2.75) is 51.7 Å². The topological polar surface area (TPSA) is 115 Å². The highest BCUT2D eigenvalue weighted by Gasteiger charge is 2.26. The van der Waals surface area contributed by atoms with Crippen molar-refractivity contribution in [3.05, 3.63) is 64.2 Å². The summed E-state index contributed by atoms with van der Waals surface area (Å²) in [6.45, 7) is 8.80. The van der Waals surface area contributed by atoms with Crippen molar-refractivity contribution < 1.29 is 9.53 Å². The van der Waals surface area contributed by atoms with Gasteiger partial charge in [-0.3, -0.25) is 14.5 Å². The van der Waals surface area contributed by atoms with Crippen molar-refractivity contribution in [3.8, 4) is 5.88 Å². The number of hydrogen-bond acceptors (Lipinski definition) is 8. The fourth-order valence-corrected chi connectivity index (χ4v) is 6.00. The van der Waals surface area contributed by atoms with Gasteiger partial charge in [0.1, 0.15) is 17.4 Å². The number of hydrogen-bond donors (Lipinski definition) is 4.